The molecular weight excluding hydrogens is 428 g/mol. The summed E-state index contributed by atoms with van der Waals surface area (Å²) >= 11 is 0. The Balaban J connectivity index is 1.28. The molecule has 0 aromatic carbocycles. The van der Waals surface area contributed by atoms with Gasteiger partial charge in [0.1, 0.15) is 5.52 Å². The van der Waals surface area contributed by atoms with Crippen LogP contribution in [0.2, 0.25) is 0 Å². The summed E-state index contributed by atoms with van der Waals surface area (Å²) in [5, 5.41) is 6.78. The lowest BCUT2D eigenvalue weighted by Crippen LogP contribution is -2.48. The second kappa shape index (κ2) is 8.07. The maximum atomic E-state index is 13.1. The summed E-state index contributed by atoms with van der Waals surface area (Å²) in [7, 11) is 0. The molecule has 2 atom stereocenters. The van der Waals surface area contributed by atoms with Gasteiger partial charge in [-0.25, -0.2) is 23.7 Å². The third-order valence-electron chi connectivity index (χ3n) is 7.50. The predicted octanol–water partition coefficient (Wildman–Crippen LogP) is 3.08. The Kier molecular flexibility index (Phi) is 5.15. The Bertz CT molecular complexity index is 1090. The molecule has 0 N–H and O–H groups in total. The number of hydrogen-bond donors (Lipinski definition) is 0. The number of rotatable bonds is 5. The number of aromatic nitrogens is 4. The fourth-order valence-electron chi connectivity index (χ4n) is 5.07. The molecule has 2 aromatic rings. The Hall–Kier alpha value is -2.49. The number of alkyl halides is 2. The number of anilines is 1. The first kappa shape index (κ1) is 21.1. The minimum atomic E-state index is -2.29. The first-order valence-electron chi connectivity index (χ1n) is 11.9. The van der Waals surface area contributed by atoms with E-state index in [2.05, 4.69) is 20.0 Å². The zero-order chi connectivity index (χ0) is 22.7. The van der Waals surface area contributed by atoms with Crippen molar-refractivity contribution in [2.75, 3.05) is 31.1 Å². The first-order valence-corrected chi connectivity index (χ1v) is 11.9. The van der Waals surface area contributed by atoms with E-state index in [1.807, 2.05) is 20.1 Å². The van der Waals surface area contributed by atoms with Crippen molar-refractivity contribution in [1.29, 1.82) is 0 Å². The van der Waals surface area contributed by atoms with E-state index in [9.17, 15) is 8.78 Å². The van der Waals surface area contributed by atoms with Crippen LogP contribution < -0.4 is 4.90 Å². The Morgan fingerprint density at radius 1 is 1.03 bits per heavy atom. The van der Waals surface area contributed by atoms with Gasteiger partial charge >= 0.3 is 0 Å². The van der Waals surface area contributed by atoms with Crippen molar-refractivity contribution >= 4 is 23.3 Å². The summed E-state index contributed by atoms with van der Waals surface area (Å²) in [5.74, 6) is 0.247. The highest BCUT2D eigenvalue weighted by atomic mass is 19.3. The molecule has 3 fully saturated rings. The van der Waals surface area contributed by atoms with Gasteiger partial charge < -0.3 is 9.64 Å². The second-order valence-corrected chi connectivity index (χ2v) is 9.88. The highest BCUT2D eigenvalue weighted by Crippen LogP contribution is 2.45. The van der Waals surface area contributed by atoms with Gasteiger partial charge in [0.2, 0.25) is 12.4 Å². The average molecular weight is 458 g/mol. The van der Waals surface area contributed by atoms with Gasteiger partial charge in [-0.1, -0.05) is 0 Å². The monoisotopic (exact) mass is 457 g/mol. The number of nitrogens with zero attached hydrogens (tertiary/aromatic N) is 7. The van der Waals surface area contributed by atoms with Crippen LogP contribution in [0.4, 0.5) is 14.7 Å². The van der Waals surface area contributed by atoms with Crippen LogP contribution in [0.15, 0.2) is 5.10 Å². The molecule has 10 heteroatoms. The van der Waals surface area contributed by atoms with Crippen molar-refractivity contribution < 1.29 is 13.5 Å². The third kappa shape index (κ3) is 3.92. The molecule has 8 nitrogen and oxygen atoms in total. The zero-order valence-electron chi connectivity index (χ0n) is 19.0. The number of hydrazone groups is 1. The van der Waals surface area contributed by atoms with Gasteiger partial charge in [-0.05, 0) is 39.5 Å². The molecule has 0 spiro atoms. The molecule has 6 rings (SSSR count). The van der Waals surface area contributed by atoms with E-state index in [4.69, 9.17) is 19.7 Å². The normalized spacial score (nSPS) is 29.8. The Morgan fingerprint density at radius 2 is 1.82 bits per heavy atom. The average Bonchev–Trinajstić information content (AvgIpc) is 3.50. The van der Waals surface area contributed by atoms with Crippen molar-refractivity contribution in [2.24, 2.45) is 16.9 Å². The van der Waals surface area contributed by atoms with Crippen molar-refractivity contribution in [1.82, 2.24) is 24.9 Å². The molecule has 0 radical (unpaired) electrons. The van der Waals surface area contributed by atoms with Gasteiger partial charge in [0.05, 0.1) is 29.8 Å². The maximum absolute atomic E-state index is 13.1. The van der Waals surface area contributed by atoms with E-state index >= 15 is 0 Å². The van der Waals surface area contributed by atoms with Crippen LogP contribution >= 0.6 is 0 Å². The first-order chi connectivity index (χ1) is 16.0. The van der Waals surface area contributed by atoms with Crippen LogP contribution in [0.25, 0.3) is 11.2 Å². The Morgan fingerprint density at radius 3 is 2.58 bits per heavy atom. The number of morpholine rings is 1. The minimum Gasteiger partial charge on any atom is -0.374 e. The van der Waals surface area contributed by atoms with E-state index in [0.29, 0.717) is 55.7 Å². The third-order valence-corrected chi connectivity index (χ3v) is 7.50. The lowest BCUT2D eigenvalue weighted by molar-refractivity contribution is 0.0153. The number of halogens is 2. The summed E-state index contributed by atoms with van der Waals surface area (Å²) in [4.78, 5) is 21.2. The molecule has 33 heavy (non-hydrogen) atoms. The number of aryl methyl sites for hydroxylation is 2. The van der Waals surface area contributed by atoms with E-state index < -0.39 is 12.3 Å². The van der Waals surface area contributed by atoms with Crippen molar-refractivity contribution in [3.8, 4) is 0 Å². The summed E-state index contributed by atoms with van der Waals surface area (Å²) in [6.07, 6.45) is 3.07. The van der Waals surface area contributed by atoms with Gasteiger partial charge in [-0.2, -0.15) is 10.1 Å². The summed E-state index contributed by atoms with van der Waals surface area (Å²) < 4.78 is 32.4. The van der Waals surface area contributed by atoms with E-state index in [1.54, 1.807) is 0 Å². The van der Waals surface area contributed by atoms with Crippen LogP contribution in [0.3, 0.4) is 0 Å². The Labute approximate surface area is 191 Å². The van der Waals surface area contributed by atoms with Crippen LogP contribution in [-0.4, -0.2) is 76.0 Å². The molecule has 2 saturated carbocycles. The van der Waals surface area contributed by atoms with Crippen molar-refractivity contribution in [3.05, 3.63) is 17.1 Å². The standard InChI is InChI=1S/C23H29F2N7O/c1-12-13(2)28-22-20(27-12)19(14-7-15(8-14)21(24)25)29-23(30-22)31-5-6-33-18(11-31)16-9-26-32(10-16)17-3-4-17/h9,14-18,21H,3-8,10-11H2,1-2H3/t14-,15+,16?,18-/m0/s1. The lowest BCUT2D eigenvalue weighted by Gasteiger charge is -2.37. The number of ether oxygens (including phenoxy) is 1. The predicted molar refractivity (Wildman–Crippen MR) is 120 cm³/mol. The van der Waals surface area contributed by atoms with Crippen molar-refractivity contribution in [2.45, 2.75) is 64.0 Å². The molecule has 2 aliphatic carbocycles. The van der Waals surface area contributed by atoms with Crippen LogP contribution in [0, 0.1) is 25.7 Å². The van der Waals surface area contributed by atoms with E-state index in [1.165, 1.54) is 12.8 Å². The van der Waals surface area contributed by atoms with Crippen LogP contribution in [0.1, 0.15) is 48.7 Å². The van der Waals surface area contributed by atoms with Gasteiger partial charge in [-0.15, -0.1) is 0 Å². The summed E-state index contributed by atoms with van der Waals surface area (Å²) in [6.45, 7) is 6.65. The second-order valence-electron chi connectivity index (χ2n) is 9.88. The molecule has 2 aromatic heterocycles. The molecule has 176 valence electrons. The molecule has 4 aliphatic rings. The largest absolute Gasteiger partial charge is 0.374 e. The molecule has 2 aliphatic heterocycles. The van der Waals surface area contributed by atoms with Crippen molar-refractivity contribution in [3.63, 3.8) is 0 Å². The van der Waals surface area contributed by atoms with E-state index in [0.717, 1.165) is 23.6 Å². The molecule has 0 bridgehead atoms. The van der Waals surface area contributed by atoms with Crippen LogP contribution in [-0.2, 0) is 4.74 Å². The number of hydrogen-bond acceptors (Lipinski definition) is 8. The maximum Gasteiger partial charge on any atom is 0.241 e. The van der Waals surface area contributed by atoms with Gasteiger partial charge in [-0.3, -0.25) is 5.01 Å². The fourth-order valence-corrected chi connectivity index (χ4v) is 5.07. The minimum absolute atomic E-state index is 0.0201. The SMILES string of the molecule is Cc1nc2nc(N3CCO[C@H](C4C=NN(C5CC5)C4)C3)nc([C@H]3C[C@@H](C(F)F)C3)c2nc1C. The molecule has 4 heterocycles. The van der Waals surface area contributed by atoms with Crippen LogP contribution in [0.5, 0.6) is 0 Å². The summed E-state index contributed by atoms with van der Waals surface area (Å²) in [6, 6.07) is 0.599. The topological polar surface area (TPSA) is 79.6 Å². The summed E-state index contributed by atoms with van der Waals surface area (Å²) in [5.41, 5.74) is 3.58. The lowest BCUT2D eigenvalue weighted by atomic mass is 9.73. The van der Waals surface area contributed by atoms with Gasteiger partial charge in [0.25, 0.3) is 0 Å². The fraction of sp³-hybridized carbons (Fsp3) is 0.696. The quantitative estimate of drug-likeness (QED) is 0.683. The highest BCUT2D eigenvalue weighted by Gasteiger charge is 2.40. The molecule has 0 amide bonds. The van der Waals surface area contributed by atoms with Gasteiger partial charge in [0.15, 0.2) is 5.65 Å². The molecular formula is C23H29F2N7O. The molecule has 1 unspecified atom stereocenters. The van der Waals surface area contributed by atoms with E-state index in [-0.39, 0.29) is 17.9 Å². The smallest absolute Gasteiger partial charge is 0.241 e. The van der Waals surface area contributed by atoms with Gasteiger partial charge in [0, 0.05) is 49.6 Å². The highest BCUT2D eigenvalue weighted by molar-refractivity contribution is 5.75. The number of fused-ring (bicyclic) bond motifs is 1. The molecule has 1 saturated heterocycles. The zero-order valence-corrected chi connectivity index (χ0v) is 19.0.